The molecule has 4 heterocycles. The first-order valence-electron chi connectivity index (χ1n) is 23.4. The standard InChI is InChI=1S/C50H50N10O6S4.4Li.2O3S/c1-11-30-21-27(5)22-31(12-2)42(30)55-46-41(56-57-47-35(26-51)45(50(8,9)10)58-60(47)49-53-36-17-15-16-18-38(36)67-49)28(6)24-40(54-46)59(48-52-37-20-19-33(69(61,62)63)25-39(37)68-48)43-32(13-3)23-29(7)44(34(43)14-4)70(64,65)66;;;;;2*1-4(2)3/h15,17-21,23-25H,11-14H2,1-10H3,(H,54,55)(H,61,62,63)(H,64,65,66);;;;;;/q-2;4*+1;;/p-2. The van der Waals surface area contributed by atoms with Crippen LogP contribution in [0, 0.1) is 44.2 Å². The summed E-state index contributed by atoms with van der Waals surface area (Å²) < 4.78 is 129. The third-order valence-electron chi connectivity index (χ3n) is 11.7. The molecule has 32 heteroatoms. The fourth-order valence-corrected chi connectivity index (χ4v) is 12.0. The molecule has 410 valence electrons. The van der Waals surface area contributed by atoms with Gasteiger partial charge in [-0.2, -0.15) is 62.3 Å². The van der Waals surface area contributed by atoms with Crippen molar-refractivity contribution in [2.45, 2.75) is 110 Å². The Morgan fingerprint density at radius 3 is 1.93 bits per heavy atom. The van der Waals surface area contributed by atoms with Crippen LogP contribution in [0.15, 0.2) is 74.6 Å². The van der Waals surface area contributed by atoms with Crippen LogP contribution in [0.3, 0.4) is 0 Å². The molecule has 22 nitrogen and oxygen atoms in total. The Morgan fingerprint density at radius 1 is 0.768 bits per heavy atom. The zero-order valence-electron chi connectivity index (χ0n) is 47.4. The summed E-state index contributed by atoms with van der Waals surface area (Å²) in [7, 11) is -16.1. The van der Waals surface area contributed by atoms with E-state index in [1.165, 1.54) is 34.2 Å². The van der Waals surface area contributed by atoms with Crippen LogP contribution in [0.1, 0.15) is 98.7 Å². The Kier molecular flexibility index (Phi) is 27.1. The number of anilines is 5. The largest absolute Gasteiger partial charge is 1.00 e. The SMILES string of the molecule is CCc1[c-]c(C)cc(CC)c1Nc1nc(N(c2nc3ccc(S(=O)(=O)[O-])cc3s2)c2c(CC)cc(C)c(S(=O)(=O)[O-])c2CC)cc(C)c1N=Nc1c(C#N)c(C(C)(C)C)nn1-c1nc2cc[c-]cc2s1.O=S(=O)=O.O=S(=O)=O.[Li+].[Li+].[Li+].[Li+]. The fraction of sp³-hybridized carbons (Fsp3) is 0.300. The van der Waals surface area contributed by atoms with E-state index in [-0.39, 0.29) is 132 Å². The summed E-state index contributed by atoms with van der Waals surface area (Å²) in [6, 6.07) is 23.7. The van der Waals surface area contributed by atoms with Gasteiger partial charge in [-0.15, -0.1) is 52.7 Å². The van der Waals surface area contributed by atoms with Gasteiger partial charge in [0.2, 0.25) is 0 Å². The van der Waals surface area contributed by atoms with Crippen LogP contribution in [0.25, 0.3) is 25.6 Å². The summed E-state index contributed by atoms with van der Waals surface area (Å²) in [5, 5.41) is 29.7. The first kappa shape index (κ1) is 73.3. The normalized spacial score (nSPS) is 11.2. The Morgan fingerprint density at radius 2 is 1.39 bits per heavy atom. The van der Waals surface area contributed by atoms with Crippen LogP contribution in [-0.2, 0) is 72.6 Å². The number of nitriles is 1. The summed E-state index contributed by atoms with van der Waals surface area (Å²) in [5.74, 6) is 0.606. The number of pyridine rings is 1. The van der Waals surface area contributed by atoms with Crippen LogP contribution < -0.4 is 85.7 Å². The van der Waals surface area contributed by atoms with Gasteiger partial charge in [-0.3, -0.25) is 4.90 Å². The number of hydrogen-bond donors (Lipinski definition) is 1. The van der Waals surface area contributed by atoms with Crippen LogP contribution in [0.2, 0.25) is 0 Å². The second-order valence-electron chi connectivity index (χ2n) is 18.1. The van der Waals surface area contributed by atoms with Crippen molar-refractivity contribution in [2.24, 2.45) is 10.2 Å². The molecule has 0 aliphatic carbocycles. The van der Waals surface area contributed by atoms with Gasteiger partial charge in [0.25, 0.3) is 0 Å². The summed E-state index contributed by atoms with van der Waals surface area (Å²) in [6.07, 6.45) is 1.78. The molecule has 1 N–H and O–H groups in total. The maximum atomic E-state index is 13.1. The number of benzene rings is 4. The molecule has 0 aliphatic rings. The molecule has 8 aromatic rings. The molecule has 0 saturated heterocycles. The second-order valence-corrected chi connectivity index (χ2v) is 23.6. The maximum Gasteiger partial charge on any atom is 1.00 e. The number of nitrogens with zero attached hydrogens (tertiary/aromatic N) is 9. The van der Waals surface area contributed by atoms with E-state index in [1.807, 2.05) is 73.6 Å². The van der Waals surface area contributed by atoms with Crippen molar-refractivity contribution in [1.82, 2.24) is 24.7 Å². The molecule has 4 aromatic carbocycles. The van der Waals surface area contributed by atoms with Gasteiger partial charge in [0.05, 0.1) is 31.4 Å². The number of hydrogen-bond acceptors (Lipinski definition) is 23. The summed E-state index contributed by atoms with van der Waals surface area (Å²) in [6.45, 7) is 19.0. The monoisotopic (exact) mass is 1200 g/mol. The Hall–Kier alpha value is -4.84. The van der Waals surface area contributed by atoms with Gasteiger partial charge < -0.3 is 14.4 Å². The molecule has 0 spiro atoms. The second kappa shape index (κ2) is 30.3. The van der Waals surface area contributed by atoms with E-state index in [2.05, 4.69) is 23.5 Å². The fourth-order valence-electron chi connectivity index (χ4n) is 8.53. The van der Waals surface area contributed by atoms with Crippen LogP contribution in [0.4, 0.5) is 39.6 Å². The minimum atomic E-state index is -5.02. The molecule has 0 atom stereocenters. The van der Waals surface area contributed by atoms with E-state index in [0.29, 0.717) is 57.1 Å². The van der Waals surface area contributed by atoms with Crippen LogP contribution >= 0.6 is 22.7 Å². The molecule has 0 amide bonds. The van der Waals surface area contributed by atoms with Crippen molar-refractivity contribution in [3.8, 4) is 11.2 Å². The van der Waals surface area contributed by atoms with Crippen molar-refractivity contribution in [3.05, 3.63) is 117 Å². The molecular weight excluding hydrogens is 1150 g/mol. The van der Waals surface area contributed by atoms with Crippen molar-refractivity contribution >= 4 is 124 Å². The number of aromatic nitrogens is 5. The number of thiazole rings is 2. The van der Waals surface area contributed by atoms with Crippen molar-refractivity contribution in [1.29, 1.82) is 5.26 Å². The summed E-state index contributed by atoms with van der Waals surface area (Å²) in [4.78, 5) is 15.9. The van der Waals surface area contributed by atoms with Gasteiger partial charge in [0.1, 0.15) is 49.2 Å². The molecule has 0 saturated carbocycles. The third-order valence-corrected chi connectivity index (χ3v) is 15.6. The minimum Gasteiger partial charge on any atom is -0.744 e. The molecule has 0 fully saturated rings. The average Bonchev–Trinajstić information content (AvgIpc) is 4.08. The van der Waals surface area contributed by atoms with Gasteiger partial charge in [-0.25, -0.2) is 31.8 Å². The van der Waals surface area contributed by atoms with E-state index in [0.717, 1.165) is 43.9 Å². The minimum absolute atomic E-state index is 0. The number of aryl methyl sites for hydroxylation is 6. The van der Waals surface area contributed by atoms with Gasteiger partial charge in [0.15, 0.2) is 16.1 Å². The van der Waals surface area contributed by atoms with E-state index in [1.54, 1.807) is 36.9 Å². The molecular formula is C50H48Li4N10O12S6. The van der Waals surface area contributed by atoms with Gasteiger partial charge in [0, 0.05) is 5.41 Å². The molecule has 0 radical (unpaired) electrons. The van der Waals surface area contributed by atoms with Crippen LogP contribution in [-0.4, -0.2) is 75.9 Å². The number of fused-ring (bicyclic) bond motifs is 2. The maximum absolute atomic E-state index is 13.1. The van der Waals surface area contributed by atoms with E-state index < -0.39 is 51.8 Å². The summed E-state index contributed by atoms with van der Waals surface area (Å²) in [5.41, 5.74) is 7.16. The van der Waals surface area contributed by atoms with Gasteiger partial charge in [-0.1, -0.05) is 96.0 Å². The predicted octanol–water partition coefficient (Wildman–Crippen LogP) is -2.12. The van der Waals surface area contributed by atoms with Gasteiger partial charge >= 0.3 is 96.7 Å². The predicted molar refractivity (Wildman–Crippen MR) is 291 cm³/mol. The topological polar surface area (TPSA) is 337 Å². The number of azo groups is 1. The molecule has 8 rings (SSSR count). The van der Waals surface area contributed by atoms with Crippen molar-refractivity contribution < 1.29 is 127 Å². The van der Waals surface area contributed by atoms with E-state index in [4.69, 9.17) is 55.5 Å². The van der Waals surface area contributed by atoms with E-state index in [9.17, 15) is 31.2 Å². The Bertz CT molecular complexity index is 4130. The average molecular weight is 1200 g/mol. The molecule has 4 aromatic heterocycles. The number of rotatable bonds is 14. The first-order chi connectivity index (χ1) is 36.6. The van der Waals surface area contributed by atoms with Crippen molar-refractivity contribution in [3.63, 3.8) is 0 Å². The Labute approximate surface area is 534 Å². The van der Waals surface area contributed by atoms with E-state index >= 15 is 0 Å². The first-order valence-corrected chi connectivity index (χ1v) is 29.9. The zero-order valence-corrected chi connectivity index (χ0v) is 52.3. The van der Waals surface area contributed by atoms with Crippen molar-refractivity contribution in [2.75, 3.05) is 10.2 Å². The zero-order chi connectivity index (χ0) is 57.8. The smallest absolute Gasteiger partial charge is 0.744 e. The van der Waals surface area contributed by atoms with Gasteiger partial charge in [-0.05, 0) is 78.7 Å². The molecule has 0 bridgehead atoms. The molecule has 0 unspecified atom stereocenters. The summed E-state index contributed by atoms with van der Waals surface area (Å²) >= 11 is 2.43. The molecule has 82 heavy (non-hydrogen) atoms. The Balaban J connectivity index is 0.00000180. The number of nitrogens with one attached hydrogen (secondary N) is 1. The molecule has 0 aliphatic heterocycles. The third kappa shape index (κ3) is 17.0. The quantitative estimate of drug-likeness (QED) is 0.0526. The van der Waals surface area contributed by atoms with Crippen LogP contribution in [0.5, 0.6) is 0 Å².